The first kappa shape index (κ1) is 15.3. The fourth-order valence-corrected chi connectivity index (χ4v) is 5.39. The van der Waals surface area contributed by atoms with E-state index in [2.05, 4.69) is 5.32 Å². The van der Waals surface area contributed by atoms with Crippen LogP contribution in [0.3, 0.4) is 0 Å². The van der Waals surface area contributed by atoms with E-state index in [4.69, 9.17) is 0 Å². The largest absolute Gasteiger partial charge is 0.388 e. The van der Waals surface area contributed by atoms with E-state index < -0.39 is 11.1 Å². The molecule has 0 aromatic carbocycles. The summed E-state index contributed by atoms with van der Waals surface area (Å²) >= 11 is 0. The standard InChI is InChI=1S/C18H31NO2/c1-16(2,17(3,4)21)19-15(20)11-18-8-12-5-13(9-18)7-14(6-12)10-18/h12-14,21H,5-11H2,1-4H3,(H,19,20). The van der Waals surface area contributed by atoms with Gasteiger partial charge in [0.25, 0.3) is 0 Å². The molecule has 0 unspecified atom stereocenters. The lowest BCUT2D eigenvalue weighted by molar-refractivity contribution is -0.134. The topological polar surface area (TPSA) is 49.3 Å². The molecule has 120 valence electrons. The minimum Gasteiger partial charge on any atom is -0.388 e. The van der Waals surface area contributed by atoms with Crippen molar-refractivity contribution in [3.05, 3.63) is 0 Å². The van der Waals surface area contributed by atoms with E-state index in [-0.39, 0.29) is 11.3 Å². The Labute approximate surface area is 128 Å². The number of aliphatic hydroxyl groups is 1. The quantitative estimate of drug-likeness (QED) is 0.836. The predicted molar refractivity (Wildman–Crippen MR) is 83.7 cm³/mol. The zero-order valence-electron chi connectivity index (χ0n) is 14.0. The number of rotatable bonds is 4. The average molecular weight is 293 g/mol. The molecule has 0 radical (unpaired) electrons. The minimum atomic E-state index is -0.913. The maximum atomic E-state index is 12.6. The lowest BCUT2D eigenvalue weighted by Gasteiger charge is -2.57. The van der Waals surface area contributed by atoms with Gasteiger partial charge in [-0.3, -0.25) is 4.79 Å². The predicted octanol–water partition coefficient (Wildman–Crippen LogP) is 3.26. The third-order valence-corrected chi connectivity index (χ3v) is 6.68. The van der Waals surface area contributed by atoms with Crippen molar-refractivity contribution in [3.8, 4) is 0 Å². The van der Waals surface area contributed by atoms with Crippen LogP contribution in [0.15, 0.2) is 0 Å². The Kier molecular flexibility index (Phi) is 3.44. The molecule has 0 aromatic rings. The number of carbonyl (C=O) groups excluding carboxylic acids is 1. The summed E-state index contributed by atoms with van der Waals surface area (Å²) in [6, 6.07) is 0. The molecule has 0 spiro atoms. The maximum Gasteiger partial charge on any atom is 0.221 e. The van der Waals surface area contributed by atoms with Crippen LogP contribution in [-0.4, -0.2) is 22.2 Å². The van der Waals surface area contributed by atoms with Gasteiger partial charge in [-0.25, -0.2) is 0 Å². The van der Waals surface area contributed by atoms with Gasteiger partial charge < -0.3 is 10.4 Å². The zero-order chi connectivity index (χ0) is 15.5. The summed E-state index contributed by atoms with van der Waals surface area (Å²) in [5, 5.41) is 13.3. The molecule has 0 heterocycles. The van der Waals surface area contributed by atoms with Crippen molar-refractivity contribution < 1.29 is 9.90 Å². The van der Waals surface area contributed by atoms with Gasteiger partial charge in [0.15, 0.2) is 0 Å². The van der Waals surface area contributed by atoms with E-state index in [9.17, 15) is 9.90 Å². The van der Waals surface area contributed by atoms with E-state index in [1.54, 1.807) is 13.8 Å². The minimum absolute atomic E-state index is 0.129. The van der Waals surface area contributed by atoms with Crippen LogP contribution in [0, 0.1) is 23.2 Å². The molecule has 2 N–H and O–H groups in total. The summed E-state index contributed by atoms with van der Waals surface area (Å²) < 4.78 is 0. The van der Waals surface area contributed by atoms with Gasteiger partial charge in [0.2, 0.25) is 5.91 Å². The van der Waals surface area contributed by atoms with E-state index in [0.29, 0.717) is 6.42 Å². The highest BCUT2D eigenvalue weighted by molar-refractivity contribution is 5.77. The second-order valence-corrected chi connectivity index (χ2v) is 9.33. The molecule has 0 saturated heterocycles. The van der Waals surface area contributed by atoms with Gasteiger partial charge >= 0.3 is 0 Å². The summed E-state index contributed by atoms with van der Waals surface area (Å²) in [7, 11) is 0. The summed E-state index contributed by atoms with van der Waals surface area (Å²) in [5.41, 5.74) is -1.23. The Morgan fingerprint density at radius 1 is 1.05 bits per heavy atom. The van der Waals surface area contributed by atoms with Gasteiger partial charge in [-0.2, -0.15) is 0 Å². The molecule has 4 saturated carbocycles. The molecule has 4 aliphatic rings. The van der Waals surface area contributed by atoms with Crippen molar-refractivity contribution in [2.24, 2.45) is 23.2 Å². The van der Waals surface area contributed by atoms with Crippen LogP contribution in [0.25, 0.3) is 0 Å². The molecule has 0 aliphatic heterocycles. The lowest BCUT2D eigenvalue weighted by Crippen LogP contribution is -2.58. The first-order valence-electron chi connectivity index (χ1n) is 8.62. The van der Waals surface area contributed by atoms with Gasteiger partial charge in [-0.1, -0.05) is 0 Å². The van der Waals surface area contributed by atoms with Crippen LogP contribution < -0.4 is 5.32 Å². The second kappa shape index (κ2) is 4.71. The van der Waals surface area contributed by atoms with E-state index in [1.165, 1.54) is 38.5 Å². The van der Waals surface area contributed by atoms with Crippen molar-refractivity contribution >= 4 is 5.91 Å². The molecule has 4 fully saturated rings. The molecule has 3 nitrogen and oxygen atoms in total. The Bertz CT molecular complexity index is 398. The Morgan fingerprint density at radius 2 is 1.48 bits per heavy atom. The van der Waals surface area contributed by atoms with E-state index in [1.807, 2.05) is 13.8 Å². The zero-order valence-corrected chi connectivity index (χ0v) is 14.0. The van der Waals surface area contributed by atoms with E-state index in [0.717, 1.165) is 17.8 Å². The molecular weight excluding hydrogens is 262 g/mol. The fraction of sp³-hybridized carbons (Fsp3) is 0.944. The van der Waals surface area contributed by atoms with Crippen molar-refractivity contribution in [2.45, 2.75) is 83.8 Å². The van der Waals surface area contributed by atoms with Crippen LogP contribution in [0.1, 0.15) is 72.6 Å². The molecule has 3 heteroatoms. The van der Waals surface area contributed by atoms with Crippen LogP contribution in [0.4, 0.5) is 0 Å². The van der Waals surface area contributed by atoms with Crippen LogP contribution >= 0.6 is 0 Å². The molecule has 4 rings (SSSR count). The van der Waals surface area contributed by atoms with E-state index >= 15 is 0 Å². The first-order valence-corrected chi connectivity index (χ1v) is 8.62. The highest BCUT2D eigenvalue weighted by Gasteiger charge is 2.51. The highest BCUT2D eigenvalue weighted by atomic mass is 16.3. The SMILES string of the molecule is CC(C)(O)C(C)(C)NC(=O)CC12CC3CC(CC(C3)C1)C2. The summed E-state index contributed by atoms with van der Waals surface area (Å²) in [5.74, 6) is 2.77. The monoisotopic (exact) mass is 293 g/mol. The normalized spacial score (nSPS) is 38.6. The van der Waals surface area contributed by atoms with Gasteiger partial charge in [-0.15, -0.1) is 0 Å². The lowest BCUT2D eigenvalue weighted by atomic mass is 9.49. The number of hydrogen-bond donors (Lipinski definition) is 2. The number of amides is 1. The molecule has 21 heavy (non-hydrogen) atoms. The molecule has 4 bridgehead atoms. The fourth-order valence-electron chi connectivity index (χ4n) is 5.39. The van der Waals surface area contributed by atoms with Crippen LogP contribution in [0.5, 0.6) is 0 Å². The van der Waals surface area contributed by atoms with Crippen molar-refractivity contribution in [3.63, 3.8) is 0 Å². The van der Waals surface area contributed by atoms with Gasteiger partial charge in [-0.05, 0) is 89.4 Å². The molecule has 0 aromatic heterocycles. The molecule has 1 amide bonds. The van der Waals surface area contributed by atoms with Crippen molar-refractivity contribution in [1.29, 1.82) is 0 Å². The summed E-state index contributed by atoms with van der Waals surface area (Å²) in [4.78, 5) is 12.6. The van der Waals surface area contributed by atoms with Gasteiger partial charge in [0, 0.05) is 6.42 Å². The Balaban J connectivity index is 1.65. The number of nitrogens with one attached hydrogen (secondary N) is 1. The van der Waals surface area contributed by atoms with Crippen molar-refractivity contribution in [1.82, 2.24) is 5.32 Å². The third-order valence-electron chi connectivity index (χ3n) is 6.68. The third kappa shape index (κ3) is 2.86. The van der Waals surface area contributed by atoms with Crippen LogP contribution in [-0.2, 0) is 4.79 Å². The van der Waals surface area contributed by atoms with Crippen molar-refractivity contribution in [2.75, 3.05) is 0 Å². The molecule has 0 atom stereocenters. The first-order chi connectivity index (χ1) is 9.59. The van der Waals surface area contributed by atoms with Crippen LogP contribution in [0.2, 0.25) is 0 Å². The second-order valence-electron chi connectivity index (χ2n) is 9.33. The Morgan fingerprint density at radius 3 is 1.86 bits per heavy atom. The number of hydrogen-bond acceptors (Lipinski definition) is 2. The Hall–Kier alpha value is -0.570. The average Bonchev–Trinajstić information content (AvgIpc) is 2.22. The number of carbonyl (C=O) groups is 1. The highest BCUT2D eigenvalue weighted by Crippen LogP contribution is 2.61. The smallest absolute Gasteiger partial charge is 0.221 e. The molecule has 4 aliphatic carbocycles. The van der Waals surface area contributed by atoms with Gasteiger partial charge in [0.05, 0.1) is 11.1 Å². The van der Waals surface area contributed by atoms with Gasteiger partial charge in [0.1, 0.15) is 0 Å². The summed E-state index contributed by atoms with van der Waals surface area (Å²) in [6.07, 6.45) is 8.68. The molecular formula is C18H31NO2. The summed E-state index contributed by atoms with van der Waals surface area (Å²) in [6.45, 7) is 7.34. The maximum absolute atomic E-state index is 12.6.